The van der Waals surface area contributed by atoms with Crippen LogP contribution in [0.25, 0.3) is 0 Å². The molecule has 0 unspecified atom stereocenters. The van der Waals surface area contributed by atoms with Gasteiger partial charge in [-0.1, -0.05) is 38.5 Å². The summed E-state index contributed by atoms with van der Waals surface area (Å²) in [5.41, 5.74) is 7.20. The van der Waals surface area contributed by atoms with Gasteiger partial charge in [-0.2, -0.15) is 0 Å². The summed E-state index contributed by atoms with van der Waals surface area (Å²) < 4.78 is 0. The largest absolute Gasteiger partial charge is 0.351 e. The SMILES string of the molecule is CC[C@H](C)[C@H]1C(=O)Nc2ccccc2[C@H](C)N1C(N)=O. The summed E-state index contributed by atoms with van der Waals surface area (Å²) in [5, 5.41) is 2.91. The molecule has 1 aliphatic heterocycles. The van der Waals surface area contributed by atoms with Gasteiger partial charge in [-0.15, -0.1) is 0 Å². The first-order valence-electron chi connectivity index (χ1n) is 6.95. The van der Waals surface area contributed by atoms with Gasteiger partial charge >= 0.3 is 6.03 Å². The van der Waals surface area contributed by atoms with Crippen molar-refractivity contribution in [2.75, 3.05) is 5.32 Å². The Kier molecular flexibility index (Phi) is 3.97. The maximum absolute atomic E-state index is 12.5. The Morgan fingerprint density at radius 1 is 1.45 bits per heavy atom. The molecule has 0 fully saturated rings. The average Bonchev–Trinajstić information content (AvgIpc) is 2.53. The van der Waals surface area contributed by atoms with Gasteiger partial charge in [-0.05, 0) is 24.5 Å². The van der Waals surface area contributed by atoms with Crippen molar-refractivity contribution >= 4 is 17.6 Å². The first kappa shape index (κ1) is 14.4. The summed E-state index contributed by atoms with van der Waals surface area (Å²) in [6, 6.07) is 6.18. The van der Waals surface area contributed by atoms with E-state index in [0.29, 0.717) is 0 Å². The monoisotopic (exact) mass is 275 g/mol. The fourth-order valence-corrected chi connectivity index (χ4v) is 2.78. The molecule has 20 heavy (non-hydrogen) atoms. The van der Waals surface area contributed by atoms with Crippen LogP contribution in [0.1, 0.15) is 38.8 Å². The third-order valence-electron chi connectivity index (χ3n) is 4.09. The number of carbonyl (C=O) groups excluding carboxylic acids is 2. The Morgan fingerprint density at radius 2 is 2.10 bits per heavy atom. The zero-order chi connectivity index (χ0) is 14.9. The van der Waals surface area contributed by atoms with Crippen LogP contribution in [-0.4, -0.2) is 22.9 Å². The Labute approximate surface area is 119 Å². The molecule has 0 spiro atoms. The van der Waals surface area contributed by atoms with Crippen LogP contribution in [0, 0.1) is 5.92 Å². The highest BCUT2D eigenvalue weighted by molar-refractivity contribution is 5.99. The second-order valence-electron chi connectivity index (χ2n) is 5.33. The van der Waals surface area contributed by atoms with Gasteiger partial charge in [0.25, 0.3) is 0 Å². The minimum absolute atomic E-state index is 0.0410. The van der Waals surface area contributed by atoms with Crippen LogP contribution >= 0.6 is 0 Å². The number of hydrogen-bond donors (Lipinski definition) is 2. The lowest BCUT2D eigenvalue weighted by atomic mass is 9.95. The first-order valence-corrected chi connectivity index (χ1v) is 6.95. The third-order valence-corrected chi connectivity index (χ3v) is 4.09. The van der Waals surface area contributed by atoms with E-state index >= 15 is 0 Å². The molecule has 5 heteroatoms. The molecule has 108 valence electrons. The molecule has 0 bridgehead atoms. The van der Waals surface area contributed by atoms with Crippen LogP contribution in [0.3, 0.4) is 0 Å². The normalized spacial score (nSPS) is 23.6. The molecule has 3 N–H and O–H groups in total. The van der Waals surface area contributed by atoms with E-state index in [-0.39, 0.29) is 17.9 Å². The highest BCUT2D eigenvalue weighted by Gasteiger charge is 2.39. The lowest BCUT2D eigenvalue weighted by Gasteiger charge is -2.35. The van der Waals surface area contributed by atoms with Gasteiger partial charge in [0.15, 0.2) is 0 Å². The zero-order valence-electron chi connectivity index (χ0n) is 12.1. The summed E-state index contributed by atoms with van der Waals surface area (Å²) in [6.45, 7) is 5.86. The van der Waals surface area contributed by atoms with Crippen molar-refractivity contribution in [3.8, 4) is 0 Å². The van der Waals surface area contributed by atoms with Gasteiger partial charge < -0.3 is 16.0 Å². The summed E-state index contributed by atoms with van der Waals surface area (Å²) in [5.74, 6) is -0.130. The molecular weight excluding hydrogens is 254 g/mol. The van der Waals surface area contributed by atoms with Gasteiger partial charge in [0.2, 0.25) is 5.91 Å². The van der Waals surface area contributed by atoms with Crippen LogP contribution in [0.4, 0.5) is 10.5 Å². The van der Waals surface area contributed by atoms with E-state index < -0.39 is 12.1 Å². The van der Waals surface area contributed by atoms with Crippen molar-refractivity contribution in [1.29, 1.82) is 0 Å². The number of primary amides is 1. The van der Waals surface area contributed by atoms with Crippen molar-refractivity contribution < 1.29 is 9.59 Å². The Hall–Kier alpha value is -2.04. The molecule has 0 radical (unpaired) electrons. The minimum atomic E-state index is -0.561. The number of nitrogens with zero attached hydrogens (tertiary/aromatic N) is 1. The number of anilines is 1. The van der Waals surface area contributed by atoms with Gasteiger partial charge in [0.05, 0.1) is 6.04 Å². The molecular formula is C15H21N3O2. The molecule has 0 saturated heterocycles. The fraction of sp³-hybridized carbons (Fsp3) is 0.467. The summed E-state index contributed by atoms with van der Waals surface area (Å²) in [7, 11) is 0. The maximum atomic E-state index is 12.5. The predicted molar refractivity (Wildman–Crippen MR) is 78.2 cm³/mol. The van der Waals surface area contributed by atoms with E-state index in [2.05, 4.69) is 5.32 Å². The standard InChI is InChI=1S/C15H21N3O2/c1-4-9(2)13-14(19)17-12-8-6-5-7-11(12)10(3)18(13)15(16)20/h5-10,13H,4H2,1-3H3,(H2,16,20)(H,17,19)/t9-,10-,13-/m0/s1. The number of benzene rings is 1. The lowest BCUT2D eigenvalue weighted by Crippen LogP contribution is -2.52. The van der Waals surface area contributed by atoms with Crippen molar-refractivity contribution in [2.45, 2.75) is 39.3 Å². The summed E-state index contributed by atoms with van der Waals surface area (Å²) in [6.07, 6.45) is 0.797. The van der Waals surface area contributed by atoms with Gasteiger partial charge in [-0.3, -0.25) is 4.79 Å². The molecule has 5 nitrogen and oxygen atoms in total. The molecule has 0 saturated carbocycles. The summed E-state index contributed by atoms with van der Waals surface area (Å²) >= 11 is 0. The van der Waals surface area contributed by atoms with E-state index in [1.54, 1.807) is 0 Å². The first-order chi connectivity index (χ1) is 9.47. The van der Waals surface area contributed by atoms with E-state index in [1.165, 1.54) is 4.90 Å². The highest BCUT2D eigenvalue weighted by atomic mass is 16.2. The molecule has 0 aliphatic carbocycles. The Bertz CT molecular complexity index is 530. The van der Waals surface area contributed by atoms with Gasteiger partial charge in [0.1, 0.15) is 6.04 Å². The molecule has 1 aromatic carbocycles. The lowest BCUT2D eigenvalue weighted by molar-refractivity contribution is -0.122. The molecule has 1 aromatic rings. The molecule has 1 heterocycles. The molecule has 2 rings (SSSR count). The maximum Gasteiger partial charge on any atom is 0.315 e. The average molecular weight is 275 g/mol. The Balaban J connectivity index is 2.53. The molecule has 0 aromatic heterocycles. The quantitative estimate of drug-likeness (QED) is 0.870. The van der Waals surface area contributed by atoms with Crippen LogP contribution < -0.4 is 11.1 Å². The van der Waals surface area contributed by atoms with Crippen molar-refractivity contribution in [1.82, 2.24) is 4.90 Å². The van der Waals surface area contributed by atoms with Gasteiger partial charge in [-0.25, -0.2) is 4.79 Å². The van der Waals surface area contributed by atoms with E-state index in [0.717, 1.165) is 17.7 Å². The van der Waals surface area contributed by atoms with Crippen molar-refractivity contribution in [3.05, 3.63) is 29.8 Å². The third kappa shape index (κ3) is 2.35. The van der Waals surface area contributed by atoms with Crippen LogP contribution in [-0.2, 0) is 4.79 Å². The number of fused-ring (bicyclic) bond motifs is 1. The predicted octanol–water partition coefficient (Wildman–Crippen LogP) is 2.50. The van der Waals surface area contributed by atoms with Gasteiger partial charge in [0, 0.05) is 5.69 Å². The number of amides is 3. The second kappa shape index (κ2) is 5.53. The number of nitrogens with two attached hydrogens (primary N) is 1. The Morgan fingerprint density at radius 3 is 2.70 bits per heavy atom. The minimum Gasteiger partial charge on any atom is -0.351 e. The summed E-state index contributed by atoms with van der Waals surface area (Å²) in [4.78, 5) is 25.8. The topological polar surface area (TPSA) is 75.4 Å². The smallest absolute Gasteiger partial charge is 0.315 e. The number of hydrogen-bond acceptors (Lipinski definition) is 2. The van der Waals surface area contributed by atoms with E-state index in [9.17, 15) is 9.59 Å². The van der Waals surface area contributed by atoms with Crippen LogP contribution in [0.15, 0.2) is 24.3 Å². The van der Waals surface area contributed by atoms with Crippen molar-refractivity contribution in [3.63, 3.8) is 0 Å². The van der Waals surface area contributed by atoms with Crippen LogP contribution in [0.2, 0.25) is 0 Å². The molecule has 1 aliphatic rings. The van der Waals surface area contributed by atoms with E-state index in [4.69, 9.17) is 5.73 Å². The van der Waals surface area contributed by atoms with E-state index in [1.807, 2.05) is 45.0 Å². The number of urea groups is 1. The highest BCUT2D eigenvalue weighted by Crippen LogP contribution is 2.34. The molecule has 3 amide bonds. The van der Waals surface area contributed by atoms with Crippen molar-refractivity contribution in [2.24, 2.45) is 11.7 Å². The number of nitrogens with one attached hydrogen (secondary N) is 1. The fourth-order valence-electron chi connectivity index (χ4n) is 2.78. The number of rotatable bonds is 2. The zero-order valence-corrected chi connectivity index (χ0v) is 12.1. The van der Waals surface area contributed by atoms with Crippen LogP contribution in [0.5, 0.6) is 0 Å². The number of carbonyl (C=O) groups is 2. The second-order valence-corrected chi connectivity index (χ2v) is 5.33. The molecule has 3 atom stereocenters. The number of para-hydroxylation sites is 1.